The Bertz CT molecular complexity index is 756. The lowest BCUT2D eigenvalue weighted by Crippen LogP contribution is -2.36. The monoisotopic (exact) mass is 352 g/mol. The van der Waals surface area contributed by atoms with Crippen molar-refractivity contribution in [3.8, 4) is 0 Å². The van der Waals surface area contributed by atoms with Gasteiger partial charge in [-0.3, -0.25) is 9.59 Å². The number of hydrogen-bond donors (Lipinski definition) is 0. The Kier molecular flexibility index (Phi) is 6.96. The van der Waals surface area contributed by atoms with Crippen molar-refractivity contribution in [2.75, 3.05) is 18.0 Å². The van der Waals surface area contributed by atoms with Gasteiger partial charge in [0.15, 0.2) is 0 Å². The van der Waals surface area contributed by atoms with E-state index >= 15 is 0 Å². The summed E-state index contributed by atoms with van der Waals surface area (Å²) in [5, 5.41) is 0. The molecule has 138 valence electrons. The van der Waals surface area contributed by atoms with E-state index in [0.717, 1.165) is 22.4 Å². The van der Waals surface area contributed by atoms with Crippen molar-refractivity contribution < 1.29 is 9.59 Å². The summed E-state index contributed by atoms with van der Waals surface area (Å²) in [6.07, 6.45) is 0.313. The molecule has 0 saturated carbocycles. The fraction of sp³-hybridized carbons (Fsp3) is 0.364. The number of hydrogen-bond acceptors (Lipinski definition) is 2. The standard InChI is InChI=1S/C22H28N2O2/c1-5-23(16-20-9-7-6-8-10-20)22(26)13-14-24(19(4)25)21-15-17(2)11-12-18(21)3/h6-12,15H,5,13-14,16H2,1-4H3. The molecule has 2 aromatic carbocycles. The van der Waals surface area contributed by atoms with Gasteiger partial charge < -0.3 is 9.80 Å². The van der Waals surface area contributed by atoms with Crippen LogP contribution in [0, 0.1) is 13.8 Å². The van der Waals surface area contributed by atoms with Crippen LogP contribution in [0.5, 0.6) is 0 Å². The molecule has 2 rings (SSSR count). The molecule has 0 aromatic heterocycles. The lowest BCUT2D eigenvalue weighted by atomic mass is 10.1. The number of aryl methyl sites for hydroxylation is 2. The van der Waals surface area contributed by atoms with Crippen LogP contribution in [-0.2, 0) is 16.1 Å². The molecule has 0 fully saturated rings. The summed E-state index contributed by atoms with van der Waals surface area (Å²) in [5.74, 6) is 0.0190. The minimum atomic E-state index is -0.0439. The van der Waals surface area contributed by atoms with E-state index in [2.05, 4.69) is 0 Å². The molecule has 2 aromatic rings. The molecular weight excluding hydrogens is 324 g/mol. The van der Waals surface area contributed by atoms with Gasteiger partial charge in [0, 0.05) is 38.7 Å². The van der Waals surface area contributed by atoms with Crippen LogP contribution in [-0.4, -0.2) is 29.8 Å². The topological polar surface area (TPSA) is 40.6 Å². The summed E-state index contributed by atoms with van der Waals surface area (Å²) >= 11 is 0. The van der Waals surface area contributed by atoms with Crippen LogP contribution in [0.2, 0.25) is 0 Å². The van der Waals surface area contributed by atoms with E-state index in [1.54, 1.807) is 11.8 Å². The lowest BCUT2D eigenvalue weighted by Gasteiger charge is -2.26. The van der Waals surface area contributed by atoms with E-state index in [4.69, 9.17) is 0 Å². The number of anilines is 1. The summed E-state index contributed by atoms with van der Waals surface area (Å²) in [5.41, 5.74) is 4.13. The van der Waals surface area contributed by atoms with Gasteiger partial charge in [-0.2, -0.15) is 0 Å². The predicted octanol–water partition coefficient (Wildman–Crippen LogP) is 4.10. The minimum Gasteiger partial charge on any atom is -0.339 e. The van der Waals surface area contributed by atoms with Gasteiger partial charge in [0.2, 0.25) is 11.8 Å². The fourth-order valence-electron chi connectivity index (χ4n) is 3.00. The normalized spacial score (nSPS) is 10.5. The second kappa shape index (κ2) is 9.18. The van der Waals surface area contributed by atoms with Gasteiger partial charge in [-0.15, -0.1) is 0 Å². The number of nitrogens with zero attached hydrogens (tertiary/aromatic N) is 2. The Morgan fingerprint density at radius 3 is 2.31 bits per heavy atom. The summed E-state index contributed by atoms with van der Waals surface area (Å²) in [6.45, 7) is 9.16. The molecule has 0 radical (unpaired) electrons. The molecule has 0 bridgehead atoms. The van der Waals surface area contributed by atoms with E-state index in [0.29, 0.717) is 26.1 Å². The maximum Gasteiger partial charge on any atom is 0.224 e. The van der Waals surface area contributed by atoms with Gasteiger partial charge >= 0.3 is 0 Å². The summed E-state index contributed by atoms with van der Waals surface area (Å²) in [7, 11) is 0. The first-order chi connectivity index (χ1) is 12.4. The SMILES string of the molecule is CCN(Cc1ccccc1)C(=O)CCN(C(C)=O)c1cc(C)ccc1C. The smallest absolute Gasteiger partial charge is 0.224 e. The predicted molar refractivity (Wildman–Crippen MR) is 106 cm³/mol. The van der Waals surface area contributed by atoms with Crippen molar-refractivity contribution in [3.63, 3.8) is 0 Å². The number of amides is 2. The molecule has 4 heteroatoms. The van der Waals surface area contributed by atoms with Gasteiger partial charge in [-0.05, 0) is 43.5 Å². The number of carbonyl (C=O) groups excluding carboxylic acids is 2. The summed E-state index contributed by atoms with van der Waals surface area (Å²) in [6, 6.07) is 16.0. The van der Waals surface area contributed by atoms with E-state index in [1.165, 1.54) is 0 Å². The molecule has 4 nitrogen and oxygen atoms in total. The summed E-state index contributed by atoms with van der Waals surface area (Å²) < 4.78 is 0. The Hall–Kier alpha value is -2.62. The first-order valence-corrected chi connectivity index (χ1v) is 9.09. The highest BCUT2D eigenvalue weighted by atomic mass is 16.2. The van der Waals surface area contributed by atoms with Crippen molar-refractivity contribution in [1.82, 2.24) is 4.90 Å². The molecule has 0 aliphatic heterocycles. The first kappa shape index (κ1) is 19.7. The zero-order valence-corrected chi connectivity index (χ0v) is 16.2. The first-order valence-electron chi connectivity index (χ1n) is 9.09. The molecule has 0 aliphatic rings. The molecule has 0 aliphatic carbocycles. The molecule has 2 amide bonds. The van der Waals surface area contributed by atoms with Crippen LogP contribution in [0.3, 0.4) is 0 Å². The number of carbonyl (C=O) groups is 2. The zero-order valence-electron chi connectivity index (χ0n) is 16.2. The van der Waals surface area contributed by atoms with Crippen LogP contribution in [0.15, 0.2) is 48.5 Å². The van der Waals surface area contributed by atoms with Gasteiger partial charge in [-0.25, -0.2) is 0 Å². The number of rotatable bonds is 7. The van der Waals surface area contributed by atoms with E-state index in [9.17, 15) is 9.59 Å². The second-order valence-electron chi connectivity index (χ2n) is 6.60. The summed E-state index contributed by atoms with van der Waals surface area (Å²) in [4.78, 5) is 28.4. The van der Waals surface area contributed by atoms with Crippen LogP contribution in [0.25, 0.3) is 0 Å². The highest BCUT2D eigenvalue weighted by Crippen LogP contribution is 2.22. The van der Waals surface area contributed by atoms with Crippen molar-refractivity contribution >= 4 is 17.5 Å². The Morgan fingerprint density at radius 1 is 1.00 bits per heavy atom. The molecule has 0 N–H and O–H groups in total. The average Bonchev–Trinajstić information content (AvgIpc) is 2.63. The van der Waals surface area contributed by atoms with E-state index in [-0.39, 0.29) is 11.8 Å². The quantitative estimate of drug-likeness (QED) is 0.753. The molecular formula is C22H28N2O2. The van der Waals surface area contributed by atoms with Gasteiger partial charge in [0.1, 0.15) is 0 Å². The van der Waals surface area contributed by atoms with Crippen LogP contribution in [0.1, 0.15) is 37.0 Å². The lowest BCUT2D eigenvalue weighted by molar-refractivity contribution is -0.131. The molecule has 0 saturated heterocycles. The third kappa shape index (κ3) is 5.19. The molecule has 0 heterocycles. The molecule has 0 unspecified atom stereocenters. The van der Waals surface area contributed by atoms with Gasteiger partial charge in [0.05, 0.1) is 0 Å². The minimum absolute atomic E-state index is 0.0439. The van der Waals surface area contributed by atoms with Gasteiger partial charge in [-0.1, -0.05) is 42.5 Å². The third-order valence-corrected chi connectivity index (χ3v) is 4.54. The van der Waals surface area contributed by atoms with Gasteiger partial charge in [0.25, 0.3) is 0 Å². The highest BCUT2D eigenvalue weighted by Gasteiger charge is 2.18. The molecule has 0 spiro atoms. The molecule has 26 heavy (non-hydrogen) atoms. The number of benzene rings is 2. The van der Waals surface area contributed by atoms with E-state index in [1.807, 2.05) is 74.2 Å². The maximum absolute atomic E-state index is 12.7. The largest absolute Gasteiger partial charge is 0.339 e. The van der Waals surface area contributed by atoms with Crippen molar-refractivity contribution in [2.24, 2.45) is 0 Å². The van der Waals surface area contributed by atoms with Crippen molar-refractivity contribution in [3.05, 3.63) is 65.2 Å². The Morgan fingerprint density at radius 2 is 1.69 bits per heavy atom. The van der Waals surface area contributed by atoms with Crippen LogP contribution >= 0.6 is 0 Å². The third-order valence-electron chi connectivity index (χ3n) is 4.54. The van der Waals surface area contributed by atoms with E-state index < -0.39 is 0 Å². The highest BCUT2D eigenvalue weighted by molar-refractivity contribution is 5.93. The Balaban J connectivity index is 2.06. The fourth-order valence-corrected chi connectivity index (χ4v) is 3.00. The average molecular weight is 352 g/mol. The van der Waals surface area contributed by atoms with Crippen LogP contribution in [0.4, 0.5) is 5.69 Å². The van der Waals surface area contributed by atoms with Crippen LogP contribution < -0.4 is 4.90 Å². The molecule has 0 atom stereocenters. The second-order valence-corrected chi connectivity index (χ2v) is 6.60. The Labute approximate surface area is 156 Å². The zero-order chi connectivity index (χ0) is 19.1. The van der Waals surface area contributed by atoms with Crippen molar-refractivity contribution in [2.45, 2.75) is 40.7 Å². The van der Waals surface area contributed by atoms with Crippen molar-refractivity contribution in [1.29, 1.82) is 0 Å². The maximum atomic E-state index is 12.7.